The molecule has 0 bridgehead atoms. The highest BCUT2D eigenvalue weighted by atomic mass is 32.2. The van der Waals surface area contributed by atoms with E-state index < -0.39 is 32.1 Å². The topological polar surface area (TPSA) is 113 Å². The van der Waals surface area contributed by atoms with Crippen LogP contribution in [0.3, 0.4) is 0 Å². The average Bonchev–Trinajstić information content (AvgIpc) is 3.07. The van der Waals surface area contributed by atoms with Gasteiger partial charge in [0.2, 0.25) is 15.3 Å². The molecule has 2 aromatic carbocycles. The lowest BCUT2D eigenvalue weighted by molar-refractivity contribution is -0.384. The maximum absolute atomic E-state index is 13.3. The van der Waals surface area contributed by atoms with E-state index in [1.165, 1.54) is 43.3 Å². The van der Waals surface area contributed by atoms with Gasteiger partial charge in [0.25, 0.3) is 5.69 Å². The predicted octanol–water partition coefficient (Wildman–Crippen LogP) is 3.35. The van der Waals surface area contributed by atoms with Crippen LogP contribution < -0.4 is 0 Å². The summed E-state index contributed by atoms with van der Waals surface area (Å²) < 4.78 is 37.3. The molecule has 0 amide bonds. The molecule has 0 unspecified atom stereocenters. The fourth-order valence-corrected chi connectivity index (χ4v) is 4.98. The molecule has 1 aliphatic rings. The van der Waals surface area contributed by atoms with Gasteiger partial charge in [-0.2, -0.15) is 0 Å². The van der Waals surface area contributed by atoms with Gasteiger partial charge < -0.3 is 9.47 Å². The minimum absolute atomic E-state index is 0.0508. The minimum atomic E-state index is -3.98. The molecular formula is C20H19NO7S. The van der Waals surface area contributed by atoms with E-state index in [1.54, 1.807) is 25.1 Å². The quantitative estimate of drug-likeness (QED) is 0.402. The van der Waals surface area contributed by atoms with Gasteiger partial charge in [-0.25, -0.2) is 13.2 Å². The van der Waals surface area contributed by atoms with E-state index in [0.29, 0.717) is 5.56 Å². The van der Waals surface area contributed by atoms with Gasteiger partial charge in [0.15, 0.2) is 0 Å². The van der Waals surface area contributed by atoms with Gasteiger partial charge >= 0.3 is 5.97 Å². The number of ether oxygens (including phenoxy) is 2. The molecule has 2 aromatic rings. The van der Waals surface area contributed by atoms with Crippen molar-refractivity contribution in [2.75, 3.05) is 6.61 Å². The molecule has 0 saturated heterocycles. The second-order valence-electron chi connectivity index (χ2n) is 6.36. The van der Waals surface area contributed by atoms with E-state index in [0.717, 1.165) is 0 Å². The highest BCUT2D eigenvalue weighted by Gasteiger charge is 2.48. The van der Waals surface area contributed by atoms with Crippen molar-refractivity contribution >= 4 is 21.5 Å². The molecule has 0 aromatic heterocycles. The number of hydrogen-bond donors (Lipinski definition) is 0. The summed E-state index contributed by atoms with van der Waals surface area (Å²) in [7, 11) is -3.98. The molecule has 0 fully saturated rings. The molecule has 1 aliphatic heterocycles. The number of carbonyl (C=O) groups excluding carboxylic acids is 1. The zero-order valence-corrected chi connectivity index (χ0v) is 16.6. The van der Waals surface area contributed by atoms with Crippen LogP contribution in [0.25, 0.3) is 0 Å². The molecule has 152 valence electrons. The standard InChI is InChI=1S/C20H19NO7S/c1-3-27-19(22)17-13(2)28-20(29(25,26)16-7-5-4-6-8-16)18(17)14-9-11-15(12-10-14)21(23)24/h4-12,18,20H,3H2,1-2H3/t18-,20+/m0/s1. The smallest absolute Gasteiger partial charge is 0.338 e. The number of rotatable bonds is 6. The average molecular weight is 417 g/mol. The summed E-state index contributed by atoms with van der Waals surface area (Å²) in [6.45, 7) is 3.26. The Balaban J connectivity index is 2.12. The molecule has 0 aliphatic carbocycles. The Labute approximate surface area is 167 Å². The van der Waals surface area contributed by atoms with Crippen LogP contribution >= 0.6 is 0 Å². The van der Waals surface area contributed by atoms with Gasteiger partial charge in [0, 0.05) is 12.1 Å². The van der Waals surface area contributed by atoms with Crippen molar-refractivity contribution < 1.29 is 27.6 Å². The van der Waals surface area contributed by atoms with Crippen LogP contribution in [-0.2, 0) is 24.1 Å². The van der Waals surface area contributed by atoms with Crippen molar-refractivity contribution in [1.29, 1.82) is 0 Å². The van der Waals surface area contributed by atoms with E-state index in [1.807, 2.05) is 0 Å². The molecule has 29 heavy (non-hydrogen) atoms. The van der Waals surface area contributed by atoms with Gasteiger partial charge in [-0.1, -0.05) is 30.3 Å². The molecule has 9 heteroatoms. The molecule has 8 nitrogen and oxygen atoms in total. The lowest BCUT2D eigenvalue weighted by Crippen LogP contribution is -2.29. The van der Waals surface area contributed by atoms with Gasteiger partial charge in [0.1, 0.15) is 5.76 Å². The number of non-ortho nitro benzene ring substituents is 1. The van der Waals surface area contributed by atoms with Crippen LogP contribution in [0, 0.1) is 10.1 Å². The Kier molecular flexibility index (Phi) is 5.69. The Morgan fingerprint density at radius 2 is 1.76 bits per heavy atom. The zero-order valence-electron chi connectivity index (χ0n) is 15.8. The van der Waals surface area contributed by atoms with Gasteiger partial charge in [0.05, 0.1) is 27.9 Å². The third kappa shape index (κ3) is 3.86. The molecule has 0 radical (unpaired) electrons. The molecule has 0 N–H and O–H groups in total. The first-order valence-electron chi connectivity index (χ1n) is 8.85. The second-order valence-corrected chi connectivity index (χ2v) is 8.39. The molecular weight excluding hydrogens is 398 g/mol. The van der Waals surface area contributed by atoms with E-state index >= 15 is 0 Å². The number of nitro groups is 1. The number of nitrogens with zero attached hydrogens (tertiary/aromatic N) is 1. The number of sulfone groups is 1. The fraction of sp³-hybridized carbons (Fsp3) is 0.250. The summed E-state index contributed by atoms with van der Waals surface area (Å²) in [6, 6.07) is 13.2. The highest BCUT2D eigenvalue weighted by molar-refractivity contribution is 7.92. The third-order valence-corrected chi connectivity index (χ3v) is 6.50. The largest absolute Gasteiger partial charge is 0.477 e. The fourth-order valence-electron chi connectivity index (χ4n) is 3.25. The Bertz CT molecular complexity index is 1060. The Morgan fingerprint density at radius 1 is 1.14 bits per heavy atom. The Morgan fingerprint density at radius 3 is 2.31 bits per heavy atom. The normalized spacial score (nSPS) is 19.0. The summed E-state index contributed by atoms with van der Waals surface area (Å²) in [4.78, 5) is 23.0. The van der Waals surface area contributed by atoms with Crippen LogP contribution in [0.5, 0.6) is 0 Å². The molecule has 2 atom stereocenters. The molecule has 0 saturated carbocycles. The van der Waals surface area contributed by atoms with E-state index in [9.17, 15) is 23.3 Å². The summed E-state index contributed by atoms with van der Waals surface area (Å²) in [5.74, 6) is -1.52. The van der Waals surface area contributed by atoms with Crippen molar-refractivity contribution in [2.45, 2.75) is 30.1 Å². The first kappa shape index (κ1) is 20.5. The first-order valence-corrected chi connectivity index (χ1v) is 10.4. The Hall–Kier alpha value is -3.20. The zero-order chi connectivity index (χ0) is 21.2. The van der Waals surface area contributed by atoms with Crippen LogP contribution in [0.15, 0.2) is 70.8 Å². The number of esters is 1. The summed E-state index contributed by atoms with van der Waals surface area (Å²) in [6.07, 6.45) is 0. The number of carbonyl (C=O) groups is 1. The van der Waals surface area contributed by atoms with Crippen LogP contribution in [0.4, 0.5) is 5.69 Å². The number of benzene rings is 2. The van der Waals surface area contributed by atoms with Crippen molar-refractivity contribution in [3.63, 3.8) is 0 Å². The highest BCUT2D eigenvalue weighted by Crippen LogP contribution is 2.44. The molecule has 3 rings (SSSR count). The molecule has 0 spiro atoms. The first-order chi connectivity index (χ1) is 13.8. The van der Waals surface area contributed by atoms with E-state index in [2.05, 4.69) is 0 Å². The SMILES string of the molecule is CCOC(=O)C1=C(C)O[C@H](S(=O)(=O)c2ccccc2)[C@H]1c1ccc([N+](=O)[O-])cc1. The van der Waals surface area contributed by atoms with Crippen molar-refractivity contribution in [3.05, 3.63) is 81.6 Å². The summed E-state index contributed by atoms with van der Waals surface area (Å²) >= 11 is 0. The number of allylic oxidation sites excluding steroid dienone is 1. The lowest BCUT2D eigenvalue weighted by atomic mass is 9.92. The summed E-state index contributed by atoms with van der Waals surface area (Å²) in [5, 5.41) is 11.0. The van der Waals surface area contributed by atoms with Crippen molar-refractivity contribution in [3.8, 4) is 0 Å². The third-order valence-electron chi connectivity index (χ3n) is 4.59. The van der Waals surface area contributed by atoms with Crippen LogP contribution in [0.2, 0.25) is 0 Å². The van der Waals surface area contributed by atoms with Crippen molar-refractivity contribution in [2.24, 2.45) is 0 Å². The monoisotopic (exact) mass is 417 g/mol. The van der Waals surface area contributed by atoms with Gasteiger partial charge in [-0.05, 0) is 31.5 Å². The lowest BCUT2D eigenvalue weighted by Gasteiger charge is -2.21. The predicted molar refractivity (Wildman–Crippen MR) is 104 cm³/mol. The van der Waals surface area contributed by atoms with E-state index in [4.69, 9.17) is 9.47 Å². The summed E-state index contributed by atoms with van der Waals surface area (Å²) in [5.41, 5.74) is -1.05. The maximum Gasteiger partial charge on any atom is 0.338 e. The van der Waals surface area contributed by atoms with Gasteiger partial charge in [-0.15, -0.1) is 0 Å². The van der Waals surface area contributed by atoms with E-state index in [-0.39, 0.29) is 28.5 Å². The minimum Gasteiger partial charge on any atom is -0.477 e. The van der Waals surface area contributed by atoms with Crippen LogP contribution in [0.1, 0.15) is 25.3 Å². The number of hydrogen-bond acceptors (Lipinski definition) is 7. The second kappa shape index (κ2) is 8.04. The number of nitro benzene ring substituents is 1. The molecule has 1 heterocycles. The van der Waals surface area contributed by atoms with Gasteiger partial charge in [-0.3, -0.25) is 10.1 Å². The maximum atomic E-state index is 13.3. The van der Waals surface area contributed by atoms with Crippen LogP contribution in [-0.4, -0.2) is 31.4 Å². The van der Waals surface area contributed by atoms with Crippen molar-refractivity contribution in [1.82, 2.24) is 0 Å².